The minimum atomic E-state index is 0.427. The van der Waals surface area contributed by atoms with Crippen LogP contribution in [0.3, 0.4) is 0 Å². The predicted molar refractivity (Wildman–Crippen MR) is 90.2 cm³/mol. The van der Waals surface area contributed by atoms with Crippen molar-refractivity contribution in [1.29, 1.82) is 0 Å². The molecule has 1 N–H and O–H groups in total. The lowest BCUT2D eigenvalue weighted by Gasteiger charge is -2.33. The molecule has 0 radical (unpaired) electrons. The summed E-state index contributed by atoms with van der Waals surface area (Å²) >= 11 is 0. The van der Waals surface area contributed by atoms with Crippen LogP contribution in [0.4, 0.5) is 11.6 Å². The molecule has 1 aromatic heterocycles. The summed E-state index contributed by atoms with van der Waals surface area (Å²) in [6.07, 6.45) is 8.16. The van der Waals surface area contributed by atoms with Gasteiger partial charge in [0.1, 0.15) is 18.0 Å². The average molecular weight is 290 g/mol. The Kier molecular flexibility index (Phi) is 5.83. The predicted octanol–water partition coefficient (Wildman–Crippen LogP) is 4.19. The molecule has 0 bridgehead atoms. The molecule has 2 heterocycles. The molecule has 1 atom stereocenters. The molecule has 118 valence electrons. The van der Waals surface area contributed by atoms with Gasteiger partial charge in [0.15, 0.2) is 0 Å². The quantitative estimate of drug-likeness (QED) is 0.882. The lowest BCUT2D eigenvalue weighted by molar-refractivity contribution is 0.549. The highest BCUT2D eigenvalue weighted by atomic mass is 15.2. The Bertz CT molecular complexity index is 444. The maximum atomic E-state index is 4.68. The van der Waals surface area contributed by atoms with Crippen molar-refractivity contribution in [2.24, 2.45) is 0 Å². The Balaban J connectivity index is 2.42. The van der Waals surface area contributed by atoms with Gasteiger partial charge in [-0.25, -0.2) is 9.97 Å². The monoisotopic (exact) mass is 290 g/mol. The summed E-state index contributed by atoms with van der Waals surface area (Å²) in [6.45, 7) is 10.9. The molecule has 0 amide bonds. The lowest BCUT2D eigenvalue weighted by Crippen LogP contribution is -2.36. The van der Waals surface area contributed by atoms with E-state index in [9.17, 15) is 0 Å². The number of anilines is 2. The zero-order valence-corrected chi connectivity index (χ0v) is 14.0. The molecule has 1 aromatic rings. The number of nitrogens with zero attached hydrogens (tertiary/aromatic N) is 3. The van der Waals surface area contributed by atoms with Crippen molar-refractivity contribution in [2.45, 2.75) is 71.8 Å². The average Bonchev–Trinajstić information content (AvgIpc) is 2.72. The molecule has 1 saturated heterocycles. The van der Waals surface area contributed by atoms with Crippen molar-refractivity contribution < 1.29 is 0 Å². The van der Waals surface area contributed by atoms with E-state index < -0.39 is 0 Å². The molecule has 4 nitrogen and oxygen atoms in total. The number of hydrogen-bond donors (Lipinski definition) is 1. The van der Waals surface area contributed by atoms with Crippen molar-refractivity contribution in [1.82, 2.24) is 9.97 Å². The first kappa shape index (κ1) is 16.1. The maximum absolute atomic E-state index is 4.68. The molecule has 0 aromatic carbocycles. The molecule has 0 spiro atoms. The Morgan fingerprint density at radius 3 is 2.71 bits per heavy atom. The van der Waals surface area contributed by atoms with Gasteiger partial charge in [-0.15, -0.1) is 0 Å². The normalized spacial score (nSPS) is 19.7. The second-order valence-electron chi connectivity index (χ2n) is 6.25. The summed E-state index contributed by atoms with van der Waals surface area (Å²) in [7, 11) is 0. The third-order valence-electron chi connectivity index (χ3n) is 4.40. The van der Waals surface area contributed by atoms with E-state index in [-0.39, 0.29) is 0 Å². The Labute approximate surface area is 129 Å². The molecular formula is C17H30N4. The van der Waals surface area contributed by atoms with Crippen LogP contribution in [-0.4, -0.2) is 29.1 Å². The Morgan fingerprint density at radius 1 is 1.24 bits per heavy atom. The summed E-state index contributed by atoms with van der Waals surface area (Å²) in [5.74, 6) is 2.59. The van der Waals surface area contributed by atoms with Crippen molar-refractivity contribution in [3.63, 3.8) is 0 Å². The summed E-state index contributed by atoms with van der Waals surface area (Å²) < 4.78 is 0. The van der Waals surface area contributed by atoms with Gasteiger partial charge in [0.25, 0.3) is 0 Å². The van der Waals surface area contributed by atoms with E-state index in [2.05, 4.69) is 47.9 Å². The van der Waals surface area contributed by atoms with Gasteiger partial charge in [-0.2, -0.15) is 0 Å². The van der Waals surface area contributed by atoms with Gasteiger partial charge < -0.3 is 10.2 Å². The number of rotatable bonds is 5. The van der Waals surface area contributed by atoms with Crippen LogP contribution in [0.1, 0.15) is 71.3 Å². The van der Waals surface area contributed by atoms with E-state index in [1.165, 1.54) is 37.7 Å². The van der Waals surface area contributed by atoms with Crippen LogP contribution in [0, 0.1) is 0 Å². The van der Waals surface area contributed by atoms with Gasteiger partial charge in [-0.1, -0.05) is 33.6 Å². The molecule has 1 aliphatic rings. The lowest BCUT2D eigenvalue weighted by atomic mass is 10.0. The van der Waals surface area contributed by atoms with Gasteiger partial charge in [-0.05, 0) is 32.1 Å². The zero-order valence-electron chi connectivity index (χ0n) is 14.0. The number of nitrogens with one attached hydrogen (secondary N) is 1. The van der Waals surface area contributed by atoms with E-state index in [1.807, 2.05) is 0 Å². The van der Waals surface area contributed by atoms with Crippen molar-refractivity contribution in [3.8, 4) is 0 Å². The smallest absolute Gasteiger partial charge is 0.137 e. The van der Waals surface area contributed by atoms with Crippen molar-refractivity contribution in [2.75, 3.05) is 23.3 Å². The zero-order chi connectivity index (χ0) is 15.2. The van der Waals surface area contributed by atoms with Crippen LogP contribution < -0.4 is 10.2 Å². The Hall–Kier alpha value is -1.32. The van der Waals surface area contributed by atoms with Crippen LogP contribution in [-0.2, 0) is 0 Å². The van der Waals surface area contributed by atoms with Crippen LogP contribution in [0.2, 0.25) is 0 Å². The van der Waals surface area contributed by atoms with Gasteiger partial charge in [0.2, 0.25) is 0 Å². The molecule has 0 saturated carbocycles. The largest absolute Gasteiger partial charge is 0.370 e. The fraction of sp³-hybridized carbons (Fsp3) is 0.765. The van der Waals surface area contributed by atoms with Crippen LogP contribution in [0.25, 0.3) is 0 Å². The second kappa shape index (κ2) is 7.62. The van der Waals surface area contributed by atoms with Gasteiger partial charge in [0, 0.05) is 24.7 Å². The highest BCUT2D eigenvalue weighted by Gasteiger charge is 2.25. The highest BCUT2D eigenvalue weighted by molar-refractivity contribution is 5.60. The molecule has 0 aliphatic carbocycles. The number of aromatic nitrogens is 2. The first-order valence-electron chi connectivity index (χ1n) is 8.54. The highest BCUT2D eigenvalue weighted by Crippen LogP contribution is 2.34. The third kappa shape index (κ3) is 3.66. The summed E-state index contributed by atoms with van der Waals surface area (Å²) in [6, 6.07) is 0.620. The van der Waals surface area contributed by atoms with E-state index in [4.69, 9.17) is 0 Å². The summed E-state index contributed by atoms with van der Waals surface area (Å²) in [5.41, 5.74) is 1.28. The van der Waals surface area contributed by atoms with Gasteiger partial charge >= 0.3 is 0 Å². The summed E-state index contributed by atoms with van der Waals surface area (Å²) in [4.78, 5) is 11.7. The first-order chi connectivity index (χ1) is 10.2. The third-order valence-corrected chi connectivity index (χ3v) is 4.40. The van der Waals surface area contributed by atoms with Crippen LogP contribution in [0.5, 0.6) is 0 Å². The Morgan fingerprint density at radius 2 is 2.05 bits per heavy atom. The van der Waals surface area contributed by atoms with Gasteiger partial charge in [-0.3, -0.25) is 0 Å². The minimum Gasteiger partial charge on any atom is -0.370 e. The molecule has 2 rings (SSSR count). The minimum absolute atomic E-state index is 0.427. The van der Waals surface area contributed by atoms with Crippen LogP contribution >= 0.6 is 0 Å². The maximum Gasteiger partial charge on any atom is 0.137 e. The molecular weight excluding hydrogens is 260 g/mol. The SMILES string of the molecule is CCNc1ncnc(N2CCCCCC2CC)c1C(C)C. The molecule has 1 fully saturated rings. The number of hydrogen-bond acceptors (Lipinski definition) is 4. The first-order valence-corrected chi connectivity index (χ1v) is 8.54. The van der Waals surface area contributed by atoms with Crippen molar-refractivity contribution in [3.05, 3.63) is 11.9 Å². The van der Waals surface area contributed by atoms with Crippen molar-refractivity contribution >= 4 is 11.6 Å². The molecule has 1 unspecified atom stereocenters. The van der Waals surface area contributed by atoms with E-state index in [0.29, 0.717) is 12.0 Å². The fourth-order valence-electron chi connectivity index (χ4n) is 3.34. The summed E-state index contributed by atoms with van der Waals surface area (Å²) in [5, 5.41) is 3.41. The molecule has 21 heavy (non-hydrogen) atoms. The topological polar surface area (TPSA) is 41.1 Å². The molecule has 4 heteroatoms. The van der Waals surface area contributed by atoms with E-state index in [1.54, 1.807) is 6.33 Å². The molecule has 1 aliphatic heterocycles. The van der Waals surface area contributed by atoms with E-state index >= 15 is 0 Å². The second-order valence-corrected chi connectivity index (χ2v) is 6.25. The van der Waals surface area contributed by atoms with Crippen LogP contribution in [0.15, 0.2) is 6.33 Å². The van der Waals surface area contributed by atoms with Gasteiger partial charge in [0.05, 0.1) is 0 Å². The standard InChI is InChI=1S/C17H30N4/c1-5-14-10-8-7-9-11-21(14)17-15(13(3)4)16(18-6-2)19-12-20-17/h12-14H,5-11H2,1-4H3,(H,18,19,20). The van der Waals surface area contributed by atoms with E-state index in [0.717, 1.165) is 24.7 Å². The fourth-order valence-corrected chi connectivity index (χ4v) is 3.34.